The largest absolute Gasteiger partial charge is 0.507 e. The van der Waals surface area contributed by atoms with E-state index in [0.717, 1.165) is 37.2 Å². The molecule has 3 atom stereocenters. The van der Waals surface area contributed by atoms with Gasteiger partial charge in [-0.05, 0) is 104 Å². The topological polar surface area (TPSA) is 179 Å². The van der Waals surface area contributed by atoms with E-state index < -0.39 is 11.5 Å². The Labute approximate surface area is 355 Å². The SMILES string of the molecule is Cc1cc2c(C(C)C)c(O)c(O)c(C=NN3CCC[C@@H]3Cc3ccco3)c2c(O)c1-c1c(C)cc2c(C(C)C)c(O)c(O)c(C=NN3[C@@H](Cc4ccco4)CC[C@@H]3C)c2c1O. The Morgan fingerprint density at radius 1 is 0.656 bits per heavy atom. The van der Waals surface area contributed by atoms with Crippen molar-refractivity contribution < 1.29 is 39.5 Å². The summed E-state index contributed by atoms with van der Waals surface area (Å²) < 4.78 is 11.3. The summed E-state index contributed by atoms with van der Waals surface area (Å²) in [7, 11) is 0. The molecule has 0 radical (unpaired) electrons. The second-order valence-electron chi connectivity index (χ2n) is 17.5. The van der Waals surface area contributed by atoms with Gasteiger partial charge in [-0.1, -0.05) is 39.8 Å². The molecule has 6 N–H and O–H groups in total. The monoisotopic (exact) mass is 828 g/mol. The number of aryl methyl sites for hydroxylation is 2. The van der Waals surface area contributed by atoms with Crippen LogP contribution in [0.25, 0.3) is 32.7 Å². The van der Waals surface area contributed by atoms with E-state index in [-0.39, 0.29) is 74.9 Å². The highest BCUT2D eigenvalue weighted by molar-refractivity contribution is 6.15. The zero-order valence-corrected chi connectivity index (χ0v) is 35.9. The maximum atomic E-state index is 12.6. The minimum Gasteiger partial charge on any atom is -0.507 e. The van der Waals surface area contributed by atoms with Crippen molar-refractivity contribution in [1.82, 2.24) is 10.0 Å². The molecule has 61 heavy (non-hydrogen) atoms. The van der Waals surface area contributed by atoms with Crippen LogP contribution < -0.4 is 0 Å². The lowest BCUT2D eigenvalue weighted by Gasteiger charge is -2.26. The third kappa shape index (κ3) is 7.25. The van der Waals surface area contributed by atoms with Crippen LogP contribution in [0.5, 0.6) is 34.5 Å². The van der Waals surface area contributed by atoms with Crippen LogP contribution in [0, 0.1) is 13.8 Å². The van der Waals surface area contributed by atoms with Crippen molar-refractivity contribution in [3.8, 4) is 45.6 Å². The third-order valence-corrected chi connectivity index (χ3v) is 12.8. The van der Waals surface area contributed by atoms with Crippen LogP contribution in [-0.2, 0) is 12.8 Å². The Kier molecular flexibility index (Phi) is 11.1. The van der Waals surface area contributed by atoms with Gasteiger partial charge in [-0.2, -0.15) is 10.2 Å². The van der Waals surface area contributed by atoms with Crippen molar-refractivity contribution in [2.24, 2.45) is 10.2 Å². The number of nitrogens with zero attached hydrogens (tertiary/aromatic N) is 4. The van der Waals surface area contributed by atoms with Gasteiger partial charge in [0.05, 0.1) is 48.2 Å². The quantitative estimate of drug-likeness (QED) is 0.0544. The molecule has 6 aromatic rings. The Morgan fingerprint density at radius 3 is 1.62 bits per heavy atom. The summed E-state index contributed by atoms with van der Waals surface area (Å²) in [6.45, 7) is 14.1. The lowest BCUT2D eigenvalue weighted by Crippen LogP contribution is -2.31. The summed E-state index contributed by atoms with van der Waals surface area (Å²) in [6, 6.07) is 11.5. The molecule has 12 heteroatoms. The number of fused-ring (bicyclic) bond motifs is 2. The highest BCUT2D eigenvalue weighted by Gasteiger charge is 2.33. The number of phenols is 6. The molecule has 2 aromatic heterocycles. The number of furan rings is 2. The molecule has 0 bridgehead atoms. The third-order valence-electron chi connectivity index (χ3n) is 12.8. The lowest BCUT2D eigenvalue weighted by atomic mass is 9.83. The van der Waals surface area contributed by atoms with Crippen molar-refractivity contribution in [1.29, 1.82) is 0 Å². The standard InChI is InChI=1S/C49H56N4O8/c1-25(2)38-34-19-27(5)40(46(56)42(34)36(44(54)48(38)58)23-50-52-16-8-11-30(52)21-32-12-9-17-60-32)41-28(6)20-35-39(26(3)4)49(59)45(55)37(43(35)47(41)57)24-51-53-29(7)14-15-31(53)22-33-13-10-18-61-33/h9-10,12-13,17-20,23-26,29-31,54-59H,8,11,14-16,21-22H2,1-7H3/t29-,30+,31+/m0/s1. The normalized spacial score (nSPS) is 18.5. The summed E-state index contributed by atoms with van der Waals surface area (Å²) in [5.74, 6) is -0.598. The second kappa shape index (κ2) is 16.3. The summed E-state index contributed by atoms with van der Waals surface area (Å²) in [4.78, 5) is 0. The first-order chi connectivity index (χ1) is 29.2. The number of hydrazone groups is 2. The predicted octanol–water partition coefficient (Wildman–Crippen LogP) is 10.4. The fourth-order valence-corrected chi connectivity index (χ4v) is 9.84. The van der Waals surface area contributed by atoms with Gasteiger partial charge in [0.25, 0.3) is 0 Å². The Balaban J connectivity index is 1.32. The Bertz CT molecular complexity index is 2660. The smallest absolute Gasteiger partial charge is 0.167 e. The molecule has 2 aliphatic rings. The van der Waals surface area contributed by atoms with E-state index in [1.54, 1.807) is 12.5 Å². The number of phenolic OH excluding ortho intramolecular Hbond substituents is 6. The van der Waals surface area contributed by atoms with Crippen molar-refractivity contribution in [2.45, 2.75) is 117 Å². The van der Waals surface area contributed by atoms with E-state index in [1.807, 2.05) is 88.0 Å². The van der Waals surface area contributed by atoms with Gasteiger partial charge in [0.15, 0.2) is 23.0 Å². The molecule has 0 spiro atoms. The fourth-order valence-electron chi connectivity index (χ4n) is 9.84. The first kappa shape index (κ1) is 41.4. The minimum absolute atomic E-state index is 0.0367. The number of hydrogen-bond donors (Lipinski definition) is 6. The molecular weight excluding hydrogens is 773 g/mol. The Hall–Kier alpha value is -6.30. The van der Waals surface area contributed by atoms with E-state index in [9.17, 15) is 30.6 Å². The zero-order valence-electron chi connectivity index (χ0n) is 35.9. The predicted molar refractivity (Wildman–Crippen MR) is 239 cm³/mol. The van der Waals surface area contributed by atoms with E-state index in [2.05, 4.69) is 6.92 Å². The van der Waals surface area contributed by atoms with E-state index in [1.165, 1.54) is 12.4 Å². The van der Waals surface area contributed by atoms with E-state index >= 15 is 0 Å². The minimum atomic E-state index is -0.410. The van der Waals surface area contributed by atoms with Gasteiger partial charge in [-0.15, -0.1) is 0 Å². The van der Waals surface area contributed by atoms with Gasteiger partial charge in [0.1, 0.15) is 23.0 Å². The maximum absolute atomic E-state index is 12.6. The molecule has 4 heterocycles. The van der Waals surface area contributed by atoms with Gasteiger partial charge in [-0.25, -0.2) is 0 Å². The van der Waals surface area contributed by atoms with Crippen molar-refractivity contribution in [3.05, 3.63) is 93.8 Å². The summed E-state index contributed by atoms with van der Waals surface area (Å²) in [5.41, 5.74) is 3.02. The summed E-state index contributed by atoms with van der Waals surface area (Å²) in [6.07, 6.45) is 11.2. The lowest BCUT2D eigenvalue weighted by molar-refractivity contribution is 0.206. The summed E-state index contributed by atoms with van der Waals surface area (Å²) >= 11 is 0. The van der Waals surface area contributed by atoms with Crippen molar-refractivity contribution in [2.75, 3.05) is 6.54 Å². The molecular formula is C49H56N4O8. The average Bonchev–Trinajstić information content (AvgIpc) is 4.05. The molecule has 2 saturated heterocycles. The van der Waals surface area contributed by atoms with Gasteiger partial charge in [0, 0.05) is 58.5 Å². The molecule has 4 aromatic carbocycles. The van der Waals surface area contributed by atoms with Gasteiger partial charge >= 0.3 is 0 Å². The molecule has 2 fully saturated rings. The van der Waals surface area contributed by atoms with Crippen LogP contribution in [0.2, 0.25) is 0 Å². The molecule has 12 nitrogen and oxygen atoms in total. The van der Waals surface area contributed by atoms with Crippen LogP contribution >= 0.6 is 0 Å². The fraction of sp³-hybridized carbons (Fsp3) is 0.388. The highest BCUT2D eigenvalue weighted by Crippen LogP contribution is 2.54. The number of hydrogen-bond acceptors (Lipinski definition) is 12. The van der Waals surface area contributed by atoms with Crippen LogP contribution in [0.3, 0.4) is 0 Å². The van der Waals surface area contributed by atoms with Crippen molar-refractivity contribution >= 4 is 34.0 Å². The molecule has 320 valence electrons. The molecule has 0 saturated carbocycles. The average molecular weight is 829 g/mol. The van der Waals surface area contributed by atoms with Crippen LogP contribution in [0.15, 0.2) is 68.0 Å². The molecule has 0 amide bonds. The van der Waals surface area contributed by atoms with Gasteiger partial charge in [0.2, 0.25) is 0 Å². The Morgan fingerprint density at radius 2 is 1.15 bits per heavy atom. The first-order valence-electron chi connectivity index (χ1n) is 21.3. The van der Waals surface area contributed by atoms with Gasteiger partial charge in [-0.3, -0.25) is 10.0 Å². The molecule has 8 rings (SSSR count). The number of rotatable bonds is 11. The molecule has 0 unspecified atom stereocenters. The van der Waals surface area contributed by atoms with Gasteiger partial charge < -0.3 is 39.5 Å². The van der Waals surface area contributed by atoms with Crippen LogP contribution in [0.4, 0.5) is 0 Å². The number of aromatic hydroxyl groups is 6. The summed E-state index contributed by atoms with van der Waals surface area (Å²) in [5, 5.41) is 87.0. The molecule has 0 aliphatic carbocycles. The van der Waals surface area contributed by atoms with Crippen LogP contribution in [0.1, 0.15) is 117 Å². The van der Waals surface area contributed by atoms with E-state index in [0.29, 0.717) is 63.5 Å². The van der Waals surface area contributed by atoms with Crippen LogP contribution in [-0.4, -0.2) is 77.8 Å². The van der Waals surface area contributed by atoms with E-state index in [4.69, 9.17) is 19.0 Å². The maximum Gasteiger partial charge on any atom is 0.167 e. The van der Waals surface area contributed by atoms with Crippen molar-refractivity contribution in [3.63, 3.8) is 0 Å². The number of benzene rings is 4. The zero-order chi connectivity index (χ0) is 43.4. The second-order valence-corrected chi connectivity index (χ2v) is 17.5. The molecule has 2 aliphatic heterocycles. The first-order valence-corrected chi connectivity index (χ1v) is 21.3. The highest BCUT2D eigenvalue weighted by atomic mass is 16.3.